The first-order valence-electron chi connectivity index (χ1n) is 7.30. The quantitative estimate of drug-likeness (QED) is 0.704. The summed E-state index contributed by atoms with van der Waals surface area (Å²) in [6, 6.07) is 11.8. The smallest absolute Gasteiger partial charge is 0.319 e. The summed E-state index contributed by atoms with van der Waals surface area (Å²) in [5.74, 6) is -0.283. The summed E-state index contributed by atoms with van der Waals surface area (Å²) < 4.78 is 0. The van der Waals surface area contributed by atoms with Crippen molar-refractivity contribution in [1.82, 2.24) is 10.6 Å². The number of urea groups is 1. The zero-order valence-corrected chi connectivity index (χ0v) is 14.5. The number of benzene rings is 2. The lowest BCUT2D eigenvalue weighted by Crippen LogP contribution is -2.36. The van der Waals surface area contributed by atoms with Gasteiger partial charge in [-0.25, -0.2) is 4.79 Å². The molecule has 0 heterocycles. The van der Waals surface area contributed by atoms with Gasteiger partial charge in [-0.1, -0.05) is 35.3 Å². The van der Waals surface area contributed by atoms with Crippen LogP contribution in [0.3, 0.4) is 0 Å². The highest BCUT2D eigenvalue weighted by Crippen LogP contribution is 2.22. The number of amides is 3. The van der Waals surface area contributed by atoms with E-state index in [-0.39, 0.29) is 11.9 Å². The van der Waals surface area contributed by atoms with Crippen LogP contribution in [0.2, 0.25) is 10.0 Å². The Hall–Kier alpha value is -2.24. The minimum atomic E-state index is -0.329. The number of carbonyl (C=O) groups excluding carboxylic acids is 2. The average Bonchev–Trinajstić information content (AvgIpc) is 2.54. The molecule has 2 aromatic rings. The standard InChI is InChI=1S/C17H17Cl2N3O2/c1-11-3-2-4-13(9-11)22-17(24)21-8-7-20-16(23)12-5-6-14(18)15(19)10-12/h2-6,9-10H,7-8H2,1H3,(H,20,23)(H2,21,22,24). The second kappa shape index (κ2) is 8.57. The zero-order chi connectivity index (χ0) is 17.5. The van der Waals surface area contributed by atoms with Crippen molar-refractivity contribution in [3.8, 4) is 0 Å². The molecular weight excluding hydrogens is 349 g/mol. The molecule has 24 heavy (non-hydrogen) atoms. The van der Waals surface area contributed by atoms with Gasteiger partial charge in [0.1, 0.15) is 0 Å². The van der Waals surface area contributed by atoms with Crippen molar-refractivity contribution in [2.45, 2.75) is 6.92 Å². The lowest BCUT2D eigenvalue weighted by atomic mass is 10.2. The first kappa shape index (κ1) is 18.1. The maximum absolute atomic E-state index is 11.9. The number of hydrogen-bond acceptors (Lipinski definition) is 2. The minimum Gasteiger partial charge on any atom is -0.350 e. The van der Waals surface area contributed by atoms with Crippen molar-refractivity contribution < 1.29 is 9.59 Å². The Labute approximate surface area is 150 Å². The van der Waals surface area contributed by atoms with E-state index in [0.29, 0.717) is 34.4 Å². The van der Waals surface area contributed by atoms with Crippen LogP contribution >= 0.6 is 23.2 Å². The topological polar surface area (TPSA) is 70.2 Å². The maximum atomic E-state index is 11.9. The second-order valence-electron chi connectivity index (χ2n) is 5.14. The molecular formula is C17H17Cl2N3O2. The van der Waals surface area contributed by atoms with Crippen LogP contribution in [0.15, 0.2) is 42.5 Å². The summed E-state index contributed by atoms with van der Waals surface area (Å²) in [5.41, 5.74) is 2.18. The van der Waals surface area contributed by atoms with Gasteiger partial charge >= 0.3 is 6.03 Å². The average molecular weight is 366 g/mol. The molecule has 0 unspecified atom stereocenters. The highest BCUT2D eigenvalue weighted by atomic mass is 35.5. The summed E-state index contributed by atoms with van der Waals surface area (Å²) in [6.07, 6.45) is 0. The van der Waals surface area contributed by atoms with Crippen molar-refractivity contribution in [2.24, 2.45) is 0 Å². The van der Waals surface area contributed by atoms with Gasteiger partial charge in [0, 0.05) is 24.3 Å². The van der Waals surface area contributed by atoms with Gasteiger partial charge in [0.25, 0.3) is 5.91 Å². The maximum Gasteiger partial charge on any atom is 0.319 e. The molecule has 0 spiro atoms. The van der Waals surface area contributed by atoms with Crippen LogP contribution in [-0.2, 0) is 0 Å². The molecule has 0 aliphatic heterocycles. The van der Waals surface area contributed by atoms with Crippen LogP contribution in [0.1, 0.15) is 15.9 Å². The third-order valence-electron chi connectivity index (χ3n) is 3.15. The van der Waals surface area contributed by atoms with Crippen LogP contribution < -0.4 is 16.0 Å². The summed E-state index contributed by atoms with van der Waals surface area (Å²) in [6.45, 7) is 2.53. The van der Waals surface area contributed by atoms with E-state index in [4.69, 9.17) is 23.2 Å². The molecule has 3 N–H and O–H groups in total. The van der Waals surface area contributed by atoms with Gasteiger partial charge in [0.05, 0.1) is 10.0 Å². The molecule has 7 heteroatoms. The van der Waals surface area contributed by atoms with Crippen molar-refractivity contribution >= 4 is 40.8 Å². The molecule has 0 aliphatic rings. The lowest BCUT2D eigenvalue weighted by Gasteiger charge is -2.09. The first-order valence-corrected chi connectivity index (χ1v) is 8.06. The first-order chi connectivity index (χ1) is 11.5. The Morgan fingerprint density at radius 1 is 0.958 bits per heavy atom. The van der Waals surface area contributed by atoms with Gasteiger partial charge < -0.3 is 16.0 Å². The summed E-state index contributed by atoms with van der Waals surface area (Å²) in [5, 5.41) is 8.79. The molecule has 0 aliphatic carbocycles. The summed E-state index contributed by atoms with van der Waals surface area (Å²) >= 11 is 11.7. The molecule has 0 saturated heterocycles. The number of halogens is 2. The molecule has 0 aromatic heterocycles. The predicted molar refractivity (Wildman–Crippen MR) is 97.0 cm³/mol. The number of rotatable bonds is 5. The van der Waals surface area contributed by atoms with E-state index in [1.165, 1.54) is 6.07 Å². The van der Waals surface area contributed by atoms with Gasteiger partial charge in [-0.05, 0) is 42.8 Å². The van der Waals surface area contributed by atoms with Crippen LogP contribution in [0.5, 0.6) is 0 Å². The molecule has 0 fully saturated rings. The molecule has 2 rings (SSSR count). The molecule has 2 aromatic carbocycles. The number of nitrogens with one attached hydrogen (secondary N) is 3. The second-order valence-corrected chi connectivity index (χ2v) is 5.95. The molecule has 126 valence electrons. The fraction of sp³-hybridized carbons (Fsp3) is 0.176. The van der Waals surface area contributed by atoms with Crippen LogP contribution in [0.25, 0.3) is 0 Å². The number of hydrogen-bond donors (Lipinski definition) is 3. The Kier molecular flexibility index (Phi) is 6.46. The molecule has 0 radical (unpaired) electrons. The monoisotopic (exact) mass is 365 g/mol. The predicted octanol–water partition coefficient (Wildman–Crippen LogP) is 3.85. The highest BCUT2D eigenvalue weighted by Gasteiger charge is 2.08. The number of aryl methyl sites for hydroxylation is 1. The van der Waals surface area contributed by atoms with Gasteiger partial charge in [-0.15, -0.1) is 0 Å². The van der Waals surface area contributed by atoms with Crippen molar-refractivity contribution in [1.29, 1.82) is 0 Å². The van der Waals surface area contributed by atoms with Crippen LogP contribution in [0, 0.1) is 6.92 Å². The minimum absolute atomic E-state index is 0.283. The molecule has 0 bridgehead atoms. The van der Waals surface area contributed by atoms with Crippen LogP contribution in [-0.4, -0.2) is 25.0 Å². The Bertz CT molecular complexity index is 750. The fourth-order valence-electron chi connectivity index (χ4n) is 1.99. The zero-order valence-electron chi connectivity index (χ0n) is 13.0. The largest absolute Gasteiger partial charge is 0.350 e. The number of carbonyl (C=O) groups is 2. The van der Waals surface area contributed by atoms with Crippen LogP contribution in [0.4, 0.5) is 10.5 Å². The SMILES string of the molecule is Cc1cccc(NC(=O)NCCNC(=O)c2ccc(Cl)c(Cl)c2)c1. The fourth-order valence-corrected chi connectivity index (χ4v) is 2.29. The van der Waals surface area contributed by atoms with E-state index < -0.39 is 0 Å². The van der Waals surface area contributed by atoms with Crippen molar-refractivity contribution in [3.05, 3.63) is 63.6 Å². The molecule has 5 nitrogen and oxygen atoms in total. The molecule has 3 amide bonds. The van der Waals surface area contributed by atoms with Gasteiger partial charge in [-0.3, -0.25) is 4.79 Å². The van der Waals surface area contributed by atoms with E-state index in [9.17, 15) is 9.59 Å². The highest BCUT2D eigenvalue weighted by molar-refractivity contribution is 6.42. The third kappa shape index (κ3) is 5.44. The Morgan fingerprint density at radius 3 is 2.42 bits per heavy atom. The Morgan fingerprint density at radius 2 is 1.71 bits per heavy atom. The van der Waals surface area contributed by atoms with Crippen molar-refractivity contribution in [3.63, 3.8) is 0 Å². The van der Waals surface area contributed by atoms with E-state index in [2.05, 4.69) is 16.0 Å². The van der Waals surface area contributed by atoms with E-state index in [0.717, 1.165) is 5.56 Å². The normalized spacial score (nSPS) is 10.1. The van der Waals surface area contributed by atoms with Gasteiger partial charge in [-0.2, -0.15) is 0 Å². The summed E-state index contributed by atoms with van der Waals surface area (Å²) in [4.78, 5) is 23.7. The van der Waals surface area contributed by atoms with E-state index >= 15 is 0 Å². The van der Waals surface area contributed by atoms with Gasteiger partial charge in [0.2, 0.25) is 0 Å². The Balaban J connectivity index is 1.73. The van der Waals surface area contributed by atoms with Crippen molar-refractivity contribution in [2.75, 3.05) is 18.4 Å². The van der Waals surface area contributed by atoms with E-state index in [1.54, 1.807) is 18.2 Å². The third-order valence-corrected chi connectivity index (χ3v) is 3.89. The van der Waals surface area contributed by atoms with E-state index in [1.807, 2.05) is 25.1 Å². The summed E-state index contributed by atoms with van der Waals surface area (Å²) in [7, 11) is 0. The lowest BCUT2D eigenvalue weighted by molar-refractivity contribution is 0.0954. The number of anilines is 1. The van der Waals surface area contributed by atoms with Gasteiger partial charge in [0.15, 0.2) is 0 Å². The molecule has 0 atom stereocenters. The molecule has 0 saturated carbocycles.